The summed E-state index contributed by atoms with van der Waals surface area (Å²) in [5, 5.41) is 0. The quantitative estimate of drug-likeness (QED) is 0.818. The maximum absolute atomic E-state index is 4.45. The van der Waals surface area contributed by atoms with Gasteiger partial charge < -0.3 is 4.90 Å². The molecule has 0 aliphatic heterocycles. The summed E-state index contributed by atoms with van der Waals surface area (Å²) in [6.07, 6.45) is 2.97. The van der Waals surface area contributed by atoms with Crippen LogP contribution in [0.3, 0.4) is 0 Å². The van der Waals surface area contributed by atoms with Gasteiger partial charge in [0.1, 0.15) is 5.82 Å². The summed E-state index contributed by atoms with van der Waals surface area (Å²) in [5.74, 6) is 1.02. The zero-order valence-electron chi connectivity index (χ0n) is 9.30. The van der Waals surface area contributed by atoms with Crippen LogP contribution in [-0.2, 0) is 0 Å². The number of nitrogens with zero attached hydrogens (tertiary/aromatic N) is 2. The molecule has 1 heterocycles. The summed E-state index contributed by atoms with van der Waals surface area (Å²) in [6, 6.07) is 2.50. The minimum absolute atomic E-state index is 0.468. The first-order valence-electron chi connectivity index (χ1n) is 5.14. The second-order valence-corrected chi connectivity index (χ2v) is 5.52. The fourth-order valence-corrected chi connectivity index (χ4v) is 2.68. The largest absolute Gasteiger partial charge is 0.353 e. The van der Waals surface area contributed by atoms with Crippen LogP contribution >= 0.6 is 31.9 Å². The van der Waals surface area contributed by atoms with Crippen molar-refractivity contribution in [3.8, 4) is 0 Å². The smallest absolute Gasteiger partial charge is 0.143 e. The summed E-state index contributed by atoms with van der Waals surface area (Å²) in [6.45, 7) is 7.59. The van der Waals surface area contributed by atoms with Crippen molar-refractivity contribution in [2.75, 3.05) is 11.4 Å². The van der Waals surface area contributed by atoms with Crippen LogP contribution in [0.2, 0.25) is 0 Å². The van der Waals surface area contributed by atoms with Gasteiger partial charge in [0.25, 0.3) is 0 Å². The number of hydrogen-bond donors (Lipinski definition) is 0. The monoisotopic (exact) mass is 334 g/mol. The SMILES string of the molecule is CCCN(c1ncc(Br)cc1Br)C(C)C. The van der Waals surface area contributed by atoms with Gasteiger partial charge in [-0.25, -0.2) is 4.98 Å². The van der Waals surface area contributed by atoms with E-state index < -0.39 is 0 Å². The molecule has 0 unspecified atom stereocenters. The topological polar surface area (TPSA) is 16.1 Å². The van der Waals surface area contributed by atoms with Crippen molar-refractivity contribution in [2.24, 2.45) is 0 Å². The van der Waals surface area contributed by atoms with Gasteiger partial charge in [0.05, 0.1) is 4.47 Å². The van der Waals surface area contributed by atoms with E-state index in [1.54, 1.807) is 0 Å². The summed E-state index contributed by atoms with van der Waals surface area (Å²) < 4.78 is 2.04. The summed E-state index contributed by atoms with van der Waals surface area (Å²) >= 11 is 6.96. The van der Waals surface area contributed by atoms with Gasteiger partial charge in [-0.1, -0.05) is 6.92 Å². The van der Waals surface area contributed by atoms with Crippen LogP contribution in [0.1, 0.15) is 27.2 Å². The van der Waals surface area contributed by atoms with Gasteiger partial charge in [0.2, 0.25) is 0 Å². The Labute approximate surface area is 108 Å². The fraction of sp³-hybridized carbons (Fsp3) is 0.545. The number of halogens is 2. The van der Waals surface area contributed by atoms with Crippen molar-refractivity contribution in [2.45, 2.75) is 33.2 Å². The Morgan fingerprint density at radius 1 is 1.40 bits per heavy atom. The van der Waals surface area contributed by atoms with Crippen LogP contribution in [0.15, 0.2) is 21.2 Å². The molecule has 0 amide bonds. The van der Waals surface area contributed by atoms with Gasteiger partial charge in [0.15, 0.2) is 0 Å². The lowest BCUT2D eigenvalue weighted by Crippen LogP contribution is -2.32. The summed E-state index contributed by atoms with van der Waals surface area (Å²) in [4.78, 5) is 6.75. The van der Waals surface area contributed by atoms with Crippen LogP contribution in [-0.4, -0.2) is 17.6 Å². The molecule has 0 aliphatic rings. The summed E-state index contributed by atoms with van der Waals surface area (Å²) in [5.41, 5.74) is 0. The Bertz CT molecular complexity index is 326. The molecule has 1 aromatic rings. The van der Waals surface area contributed by atoms with Gasteiger partial charge in [0, 0.05) is 23.3 Å². The van der Waals surface area contributed by atoms with Gasteiger partial charge >= 0.3 is 0 Å². The lowest BCUT2D eigenvalue weighted by molar-refractivity contribution is 0.660. The first-order chi connectivity index (χ1) is 7.06. The lowest BCUT2D eigenvalue weighted by atomic mass is 10.3. The van der Waals surface area contributed by atoms with E-state index in [9.17, 15) is 0 Å². The minimum Gasteiger partial charge on any atom is -0.353 e. The third kappa shape index (κ3) is 3.45. The lowest BCUT2D eigenvalue weighted by Gasteiger charge is -2.28. The normalized spacial score (nSPS) is 10.8. The number of aromatic nitrogens is 1. The third-order valence-electron chi connectivity index (χ3n) is 2.15. The Kier molecular flexibility index (Phi) is 5.06. The fourth-order valence-electron chi connectivity index (χ4n) is 1.47. The molecule has 1 aromatic heterocycles. The highest BCUT2D eigenvalue weighted by Crippen LogP contribution is 2.27. The van der Waals surface area contributed by atoms with E-state index in [2.05, 4.69) is 62.5 Å². The van der Waals surface area contributed by atoms with E-state index >= 15 is 0 Å². The molecule has 0 bridgehead atoms. The highest BCUT2D eigenvalue weighted by molar-refractivity contribution is 9.11. The number of pyridine rings is 1. The number of rotatable bonds is 4. The van der Waals surface area contributed by atoms with E-state index in [1.807, 2.05) is 12.3 Å². The Hall–Kier alpha value is -0.0900. The Balaban J connectivity index is 3.00. The number of anilines is 1. The molecule has 0 N–H and O–H groups in total. The summed E-state index contributed by atoms with van der Waals surface area (Å²) in [7, 11) is 0. The third-order valence-corrected chi connectivity index (χ3v) is 3.17. The Morgan fingerprint density at radius 2 is 2.07 bits per heavy atom. The van der Waals surface area contributed by atoms with E-state index in [0.717, 1.165) is 27.7 Å². The van der Waals surface area contributed by atoms with Gasteiger partial charge in [-0.3, -0.25) is 0 Å². The van der Waals surface area contributed by atoms with Crippen molar-refractivity contribution in [3.63, 3.8) is 0 Å². The molecule has 0 spiro atoms. The molecule has 84 valence electrons. The van der Waals surface area contributed by atoms with Crippen molar-refractivity contribution in [1.82, 2.24) is 4.98 Å². The molecular weight excluding hydrogens is 320 g/mol. The average molecular weight is 336 g/mol. The highest BCUT2D eigenvalue weighted by Gasteiger charge is 2.14. The van der Waals surface area contributed by atoms with E-state index in [1.165, 1.54) is 0 Å². The second kappa shape index (κ2) is 5.85. The molecule has 2 nitrogen and oxygen atoms in total. The molecule has 0 saturated heterocycles. The van der Waals surface area contributed by atoms with Crippen molar-refractivity contribution in [1.29, 1.82) is 0 Å². The maximum atomic E-state index is 4.45. The maximum Gasteiger partial charge on any atom is 0.143 e. The van der Waals surface area contributed by atoms with E-state index in [-0.39, 0.29) is 0 Å². The van der Waals surface area contributed by atoms with Crippen LogP contribution in [0.25, 0.3) is 0 Å². The highest BCUT2D eigenvalue weighted by atomic mass is 79.9. The average Bonchev–Trinajstić information content (AvgIpc) is 2.15. The molecule has 4 heteroatoms. The van der Waals surface area contributed by atoms with Gasteiger partial charge in [-0.15, -0.1) is 0 Å². The first kappa shape index (κ1) is 13.0. The standard InChI is InChI=1S/C11H16Br2N2/c1-4-5-15(8(2)3)11-10(13)6-9(12)7-14-11/h6-8H,4-5H2,1-3H3. The molecule has 0 atom stereocenters. The second-order valence-electron chi connectivity index (χ2n) is 3.75. The Morgan fingerprint density at radius 3 is 2.53 bits per heavy atom. The molecule has 0 aromatic carbocycles. The molecule has 15 heavy (non-hydrogen) atoms. The molecular formula is C11H16Br2N2. The van der Waals surface area contributed by atoms with Crippen molar-refractivity contribution in [3.05, 3.63) is 21.2 Å². The zero-order chi connectivity index (χ0) is 11.4. The van der Waals surface area contributed by atoms with E-state index in [0.29, 0.717) is 6.04 Å². The predicted octanol–water partition coefficient (Wildman–Crippen LogP) is 4.23. The van der Waals surface area contributed by atoms with Gasteiger partial charge in [-0.2, -0.15) is 0 Å². The van der Waals surface area contributed by atoms with Gasteiger partial charge in [-0.05, 0) is 58.2 Å². The van der Waals surface area contributed by atoms with Crippen molar-refractivity contribution >= 4 is 37.7 Å². The predicted molar refractivity (Wildman–Crippen MR) is 72.4 cm³/mol. The molecule has 0 fully saturated rings. The minimum atomic E-state index is 0.468. The molecule has 0 radical (unpaired) electrons. The molecule has 0 aliphatic carbocycles. The van der Waals surface area contributed by atoms with Crippen LogP contribution in [0.5, 0.6) is 0 Å². The van der Waals surface area contributed by atoms with Crippen molar-refractivity contribution < 1.29 is 0 Å². The van der Waals surface area contributed by atoms with Crippen LogP contribution < -0.4 is 4.90 Å². The molecule has 0 saturated carbocycles. The zero-order valence-corrected chi connectivity index (χ0v) is 12.5. The number of hydrogen-bond acceptors (Lipinski definition) is 2. The van der Waals surface area contributed by atoms with Crippen LogP contribution in [0, 0.1) is 0 Å². The van der Waals surface area contributed by atoms with E-state index in [4.69, 9.17) is 0 Å². The van der Waals surface area contributed by atoms with Crippen LogP contribution in [0.4, 0.5) is 5.82 Å². The first-order valence-corrected chi connectivity index (χ1v) is 6.72. The molecule has 1 rings (SSSR count).